The largest absolute Gasteiger partial charge is 0.214 e. The Bertz CT molecular complexity index is 269. The van der Waals surface area contributed by atoms with Crippen LogP contribution >= 0.6 is 11.6 Å². The number of halogens is 1. The molecule has 0 radical (unpaired) electrons. The first kappa shape index (κ1) is 12.3. The molecule has 0 saturated carbocycles. The normalized spacial score (nSPS) is 30.5. The van der Waals surface area contributed by atoms with Crippen molar-refractivity contribution in [3.05, 3.63) is 0 Å². The fourth-order valence-corrected chi connectivity index (χ4v) is 4.06. The van der Waals surface area contributed by atoms with Crippen LogP contribution in [-0.4, -0.2) is 36.9 Å². The summed E-state index contributed by atoms with van der Waals surface area (Å²) in [6.45, 7) is 5.03. The molecule has 0 aromatic rings. The van der Waals surface area contributed by atoms with E-state index in [-0.39, 0.29) is 11.1 Å². The highest BCUT2D eigenvalue weighted by Gasteiger charge is 2.30. The summed E-state index contributed by atoms with van der Waals surface area (Å²) in [4.78, 5) is 0. The fraction of sp³-hybridized carbons (Fsp3) is 1.00. The zero-order valence-electron chi connectivity index (χ0n) is 8.74. The number of rotatable bonds is 3. The minimum Gasteiger partial charge on any atom is -0.212 e. The van der Waals surface area contributed by atoms with Gasteiger partial charge in [0.2, 0.25) is 10.0 Å². The lowest BCUT2D eigenvalue weighted by Gasteiger charge is -2.32. The van der Waals surface area contributed by atoms with Crippen LogP contribution < -0.4 is 0 Å². The van der Waals surface area contributed by atoms with Gasteiger partial charge in [-0.2, -0.15) is 0 Å². The molecule has 0 aromatic carbocycles. The van der Waals surface area contributed by atoms with Gasteiger partial charge in [-0.25, -0.2) is 12.7 Å². The van der Waals surface area contributed by atoms with Crippen molar-refractivity contribution in [3.63, 3.8) is 0 Å². The van der Waals surface area contributed by atoms with Crippen molar-refractivity contribution >= 4 is 21.6 Å². The second kappa shape index (κ2) is 4.81. The van der Waals surface area contributed by atoms with E-state index < -0.39 is 10.0 Å². The molecule has 0 bridgehead atoms. The van der Waals surface area contributed by atoms with Crippen molar-refractivity contribution in [1.29, 1.82) is 0 Å². The number of hydrogen-bond acceptors (Lipinski definition) is 2. The fourth-order valence-electron chi connectivity index (χ4n) is 1.84. The van der Waals surface area contributed by atoms with E-state index in [9.17, 15) is 8.42 Å². The molecule has 0 N–H and O–H groups in total. The van der Waals surface area contributed by atoms with Gasteiger partial charge >= 0.3 is 0 Å². The molecule has 1 aliphatic heterocycles. The number of sulfonamides is 1. The second-order valence-electron chi connectivity index (χ2n) is 4.07. The maximum Gasteiger partial charge on any atom is 0.214 e. The summed E-state index contributed by atoms with van der Waals surface area (Å²) in [6, 6.07) is 0. The highest BCUT2D eigenvalue weighted by Crippen LogP contribution is 2.22. The average Bonchev–Trinajstić information content (AvgIpc) is 2.02. The third kappa shape index (κ3) is 3.11. The van der Waals surface area contributed by atoms with Gasteiger partial charge in [-0.05, 0) is 18.8 Å². The molecule has 2 atom stereocenters. The van der Waals surface area contributed by atoms with Crippen LogP contribution in [0, 0.1) is 5.92 Å². The van der Waals surface area contributed by atoms with Gasteiger partial charge in [-0.3, -0.25) is 0 Å². The molecule has 0 aliphatic carbocycles. The van der Waals surface area contributed by atoms with E-state index in [1.165, 1.54) is 0 Å². The summed E-state index contributed by atoms with van der Waals surface area (Å²) >= 11 is 6.01. The second-order valence-corrected chi connectivity index (χ2v) is 6.78. The Kier molecular flexibility index (Phi) is 4.22. The molecule has 1 fully saturated rings. The molecule has 0 amide bonds. The summed E-state index contributed by atoms with van der Waals surface area (Å²) in [5, 5.41) is -0.0228. The van der Waals surface area contributed by atoms with E-state index in [0.717, 1.165) is 6.42 Å². The van der Waals surface area contributed by atoms with Crippen LogP contribution in [-0.2, 0) is 10.0 Å². The van der Waals surface area contributed by atoms with Gasteiger partial charge < -0.3 is 0 Å². The Morgan fingerprint density at radius 3 is 2.57 bits per heavy atom. The average molecular weight is 240 g/mol. The topological polar surface area (TPSA) is 37.4 Å². The summed E-state index contributed by atoms with van der Waals surface area (Å²) in [6.07, 6.45) is 1.58. The van der Waals surface area contributed by atoms with Crippen LogP contribution in [0.3, 0.4) is 0 Å². The lowest BCUT2D eigenvalue weighted by molar-refractivity contribution is 0.285. The molecule has 1 rings (SSSR count). The summed E-state index contributed by atoms with van der Waals surface area (Å²) in [5.41, 5.74) is 0. The molecule has 1 aliphatic rings. The Morgan fingerprint density at radius 2 is 2.07 bits per heavy atom. The third-order valence-corrected chi connectivity index (χ3v) is 4.76. The summed E-state index contributed by atoms with van der Waals surface area (Å²) in [7, 11) is -3.05. The first-order valence-electron chi connectivity index (χ1n) is 5.07. The van der Waals surface area contributed by atoms with E-state index in [2.05, 4.69) is 0 Å². The van der Waals surface area contributed by atoms with E-state index in [1.54, 1.807) is 4.31 Å². The monoisotopic (exact) mass is 239 g/mol. The first-order valence-corrected chi connectivity index (χ1v) is 7.12. The van der Waals surface area contributed by atoms with Gasteiger partial charge in [0.25, 0.3) is 0 Å². The van der Waals surface area contributed by atoms with Crippen molar-refractivity contribution in [1.82, 2.24) is 4.31 Å². The van der Waals surface area contributed by atoms with Crippen LogP contribution in [0.25, 0.3) is 0 Å². The van der Waals surface area contributed by atoms with Crippen LogP contribution in [0.4, 0.5) is 0 Å². The Hall–Kier alpha value is 0.200. The summed E-state index contributed by atoms with van der Waals surface area (Å²) < 4.78 is 25.0. The SMILES string of the molecule is CCCS(=O)(=O)N1CC(C)CC(Cl)C1. The van der Waals surface area contributed by atoms with Crippen molar-refractivity contribution in [2.75, 3.05) is 18.8 Å². The van der Waals surface area contributed by atoms with Crippen molar-refractivity contribution < 1.29 is 8.42 Å². The Balaban J connectivity index is 2.68. The highest BCUT2D eigenvalue weighted by molar-refractivity contribution is 7.89. The van der Waals surface area contributed by atoms with E-state index >= 15 is 0 Å². The van der Waals surface area contributed by atoms with E-state index in [1.807, 2.05) is 13.8 Å². The zero-order chi connectivity index (χ0) is 10.8. The van der Waals surface area contributed by atoms with Crippen LogP contribution in [0.1, 0.15) is 26.7 Å². The number of nitrogens with zero attached hydrogens (tertiary/aromatic N) is 1. The van der Waals surface area contributed by atoms with Crippen molar-refractivity contribution in [2.45, 2.75) is 32.1 Å². The molecule has 0 aromatic heterocycles. The Morgan fingerprint density at radius 1 is 1.43 bits per heavy atom. The highest BCUT2D eigenvalue weighted by atomic mass is 35.5. The lowest BCUT2D eigenvalue weighted by Crippen LogP contribution is -2.44. The third-order valence-electron chi connectivity index (χ3n) is 2.43. The summed E-state index contributed by atoms with van der Waals surface area (Å²) in [5.74, 6) is 0.612. The molecule has 1 saturated heterocycles. The molecular formula is C9H18ClNO2S. The maximum atomic E-state index is 11.7. The Labute approximate surface area is 91.5 Å². The van der Waals surface area contributed by atoms with Crippen molar-refractivity contribution in [3.8, 4) is 0 Å². The predicted octanol–water partition coefficient (Wildman–Crippen LogP) is 1.68. The standard InChI is InChI=1S/C9H18ClNO2S/c1-3-4-14(12,13)11-6-8(2)5-9(10)7-11/h8-9H,3-7H2,1-2H3. The van der Waals surface area contributed by atoms with Crippen LogP contribution in [0.5, 0.6) is 0 Å². The van der Waals surface area contributed by atoms with Crippen molar-refractivity contribution in [2.24, 2.45) is 5.92 Å². The van der Waals surface area contributed by atoms with E-state index in [4.69, 9.17) is 11.6 Å². The lowest BCUT2D eigenvalue weighted by atomic mass is 10.0. The maximum absolute atomic E-state index is 11.7. The molecule has 2 unspecified atom stereocenters. The molecule has 5 heteroatoms. The van der Waals surface area contributed by atoms with E-state index in [0.29, 0.717) is 25.4 Å². The molecule has 1 heterocycles. The molecule has 14 heavy (non-hydrogen) atoms. The van der Waals surface area contributed by atoms with Crippen LogP contribution in [0.15, 0.2) is 0 Å². The first-order chi connectivity index (χ1) is 6.45. The van der Waals surface area contributed by atoms with Gasteiger partial charge in [0.15, 0.2) is 0 Å². The minimum absolute atomic E-state index is 0.0228. The molecular weight excluding hydrogens is 222 g/mol. The van der Waals surface area contributed by atoms with Crippen LogP contribution in [0.2, 0.25) is 0 Å². The quantitative estimate of drug-likeness (QED) is 0.703. The number of piperidine rings is 1. The molecule has 84 valence electrons. The van der Waals surface area contributed by atoms with Gasteiger partial charge in [-0.1, -0.05) is 13.8 Å². The molecule has 0 spiro atoms. The molecule has 3 nitrogen and oxygen atoms in total. The van der Waals surface area contributed by atoms with Gasteiger partial charge in [0.05, 0.1) is 5.75 Å². The number of hydrogen-bond donors (Lipinski definition) is 0. The number of alkyl halides is 1. The smallest absolute Gasteiger partial charge is 0.212 e. The van der Waals surface area contributed by atoms with Gasteiger partial charge in [-0.15, -0.1) is 11.6 Å². The zero-order valence-corrected chi connectivity index (χ0v) is 10.3. The van der Waals surface area contributed by atoms with Gasteiger partial charge in [0, 0.05) is 18.5 Å². The minimum atomic E-state index is -3.05. The predicted molar refractivity (Wildman–Crippen MR) is 59.1 cm³/mol. The van der Waals surface area contributed by atoms with Gasteiger partial charge in [0.1, 0.15) is 0 Å².